The molecular weight excluding hydrogens is 224 g/mol. The molecular formula is C15H24N2O. The van der Waals surface area contributed by atoms with Gasteiger partial charge in [-0.25, -0.2) is 0 Å². The smallest absolute Gasteiger partial charge is 0.239 e. The molecule has 0 radical (unpaired) electrons. The molecule has 0 fully saturated rings. The molecule has 100 valence electrons. The zero-order valence-electron chi connectivity index (χ0n) is 11.6. The number of benzene rings is 1. The molecule has 1 amide bonds. The van der Waals surface area contributed by atoms with Crippen molar-refractivity contribution in [2.45, 2.75) is 45.7 Å². The van der Waals surface area contributed by atoms with Gasteiger partial charge < -0.3 is 10.6 Å². The largest absolute Gasteiger partial charge is 0.340 e. The molecule has 0 unspecified atom stereocenters. The van der Waals surface area contributed by atoms with Gasteiger partial charge in [0.25, 0.3) is 0 Å². The summed E-state index contributed by atoms with van der Waals surface area (Å²) in [7, 11) is 1.81. The van der Waals surface area contributed by atoms with Gasteiger partial charge in [0.2, 0.25) is 5.91 Å². The van der Waals surface area contributed by atoms with Crippen molar-refractivity contribution in [3.63, 3.8) is 0 Å². The van der Waals surface area contributed by atoms with Crippen LogP contribution in [0.1, 0.15) is 37.3 Å². The standard InChI is InChI=1S/C15H24N2O/c1-4-5-6-14(16)15(18)17(3)11-13-9-7-12(2)8-10-13/h7-10,14H,4-6,11,16H2,1-3H3/t14-/m0/s1. The first kappa shape index (κ1) is 14.7. The van der Waals surface area contributed by atoms with E-state index < -0.39 is 0 Å². The molecule has 0 bridgehead atoms. The van der Waals surface area contributed by atoms with E-state index in [2.05, 4.69) is 38.1 Å². The van der Waals surface area contributed by atoms with E-state index in [1.54, 1.807) is 4.90 Å². The molecule has 0 aliphatic carbocycles. The van der Waals surface area contributed by atoms with E-state index in [0.717, 1.165) is 24.8 Å². The molecule has 18 heavy (non-hydrogen) atoms. The number of hydrogen-bond acceptors (Lipinski definition) is 2. The SMILES string of the molecule is CCCC[C@H](N)C(=O)N(C)Cc1ccc(C)cc1. The van der Waals surface area contributed by atoms with E-state index >= 15 is 0 Å². The van der Waals surface area contributed by atoms with E-state index in [1.165, 1.54) is 5.56 Å². The highest BCUT2D eigenvalue weighted by Gasteiger charge is 2.17. The predicted octanol–water partition coefficient (Wildman–Crippen LogP) is 2.47. The highest BCUT2D eigenvalue weighted by atomic mass is 16.2. The third-order valence-corrected chi connectivity index (χ3v) is 3.10. The van der Waals surface area contributed by atoms with Crippen molar-refractivity contribution in [1.82, 2.24) is 4.90 Å². The zero-order valence-corrected chi connectivity index (χ0v) is 11.6. The maximum atomic E-state index is 12.0. The molecule has 0 saturated carbocycles. The van der Waals surface area contributed by atoms with E-state index in [-0.39, 0.29) is 11.9 Å². The van der Waals surface area contributed by atoms with Crippen molar-refractivity contribution < 1.29 is 4.79 Å². The lowest BCUT2D eigenvalue weighted by Gasteiger charge is -2.21. The fraction of sp³-hybridized carbons (Fsp3) is 0.533. The van der Waals surface area contributed by atoms with Crippen LogP contribution in [0.5, 0.6) is 0 Å². The third kappa shape index (κ3) is 4.49. The molecule has 1 aromatic rings. The van der Waals surface area contributed by atoms with Crippen LogP contribution in [0.25, 0.3) is 0 Å². The van der Waals surface area contributed by atoms with Gasteiger partial charge in [0.15, 0.2) is 0 Å². The van der Waals surface area contributed by atoms with Crippen LogP contribution in [0, 0.1) is 6.92 Å². The van der Waals surface area contributed by atoms with Crippen molar-refractivity contribution in [3.05, 3.63) is 35.4 Å². The second kappa shape index (κ2) is 7.17. The van der Waals surface area contributed by atoms with Gasteiger partial charge in [-0.2, -0.15) is 0 Å². The Bertz CT molecular complexity index is 373. The summed E-state index contributed by atoms with van der Waals surface area (Å²) in [6.07, 6.45) is 2.85. The first-order valence-electron chi connectivity index (χ1n) is 6.60. The van der Waals surface area contributed by atoms with Gasteiger partial charge in [-0.1, -0.05) is 49.6 Å². The lowest BCUT2D eigenvalue weighted by molar-refractivity contribution is -0.132. The number of nitrogens with zero attached hydrogens (tertiary/aromatic N) is 1. The Labute approximate surface area is 110 Å². The number of hydrogen-bond donors (Lipinski definition) is 1. The average molecular weight is 248 g/mol. The second-order valence-corrected chi connectivity index (χ2v) is 4.93. The molecule has 0 aliphatic rings. The summed E-state index contributed by atoms with van der Waals surface area (Å²) in [6, 6.07) is 7.86. The number of amides is 1. The Morgan fingerprint density at radius 3 is 2.50 bits per heavy atom. The van der Waals surface area contributed by atoms with Crippen LogP contribution in [-0.4, -0.2) is 23.9 Å². The summed E-state index contributed by atoms with van der Waals surface area (Å²) in [5.41, 5.74) is 8.26. The topological polar surface area (TPSA) is 46.3 Å². The normalized spacial score (nSPS) is 12.2. The maximum Gasteiger partial charge on any atom is 0.239 e. The molecule has 3 nitrogen and oxygen atoms in total. The Morgan fingerprint density at radius 1 is 1.33 bits per heavy atom. The minimum atomic E-state index is -0.361. The molecule has 0 aromatic heterocycles. The first-order chi connectivity index (χ1) is 8.54. The average Bonchev–Trinajstić information content (AvgIpc) is 2.37. The van der Waals surface area contributed by atoms with Crippen LogP contribution in [0.3, 0.4) is 0 Å². The van der Waals surface area contributed by atoms with Crippen molar-refractivity contribution in [3.8, 4) is 0 Å². The van der Waals surface area contributed by atoms with Crippen molar-refractivity contribution in [1.29, 1.82) is 0 Å². The molecule has 1 atom stereocenters. The van der Waals surface area contributed by atoms with Gasteiger partial charge in [0, 0.05) is 13.6 Å². The number of rotatable bonds is 6. The van der Waals surface area contributed by atoms with Crippen LogP contribution in [0.4, 0.5) is 0 Å². The molecule has 3 heteroatoms. The lowest BCUT2D eigenvalue weighted by atomic mass is 10.1. The first-order valence-corrected chi connectivity index (χ1v) is 6.60. The summed E-state index contributed by atoms with van der Waals surface area (Å²) in [5.74, 6) is 0.0315. The van der Waals surface area contributed by atoms with E-state index in [9.17, 15) is 4.79 Å². The highest BCUT2D eigenvalue weighted by molar-refractivity contribution is 5.81. The molecule has 1 rings (SSSR count). The van der Waals surface area contributed by atoms with Crippen molar-refractivity contribution in [2.24, 2.45) is 5.73 Å². The van der Waals surface area contributed by atoms with Gasteiger partial charge in [0.05, 0.1) is 6.04 Å². The summed E-state index contributed by atoms with van der Waals surface area (Å²) >= 11 is 0. The van der Waals surface area contributed by atoms with E-state index in [1.807, 2.05) is 7.05 Å². The number of aryl methyl sites for hydroxylation is 1. The third-order valence-electron chi connectivity index (χ3n) is 3.10. The molecule has 1 aromatic carbocycles. The number of unbranched alkanes of at least 4 members (excludes halogenated alkanes) is 1. The molecule has 0 aliphatic heterocycles. The minimum absolute atomic E-state index is 0.0315. The van der Waals surface area contributed by atoms with Crippen LogP contribution >= 0.6 is 0 Å². The number of likely N-dealkylation sites (N-methyl/N-ethyl adjacent to an activating group) is 1. The number of nitrogens with two attached hydrogens (primary N) is 1. The van der Waals surface area contributed by atoms with Gasteiger partial charge >= 0.3 is 0 Å². The van der Waals surface area contributed by atoms with Gasteiger partial charge in [-0.05, 0) is 18.9 Å². The predicted molar refractivity (Wildman–Crippen MR) is 75.2 cm³/mol. The molecule has 0 spiro atoms. The number of carbonyl (C=O) groups is 1. The molecule has 0 saturated heterocycles. The van der Waals surface area contributed by atoms with Crippen LogP contribution < -0.4 is 5.73 Å². The number of carbonyl (C=O) groups excluding carboxylic acids is 1. The summed E-state index contributed by atoms with van der Waals surface area (Å²) in [6.45, 7) is 4.78. The van der Waals surface area contributed by atoms with Gasteiger partial charge in [-0.3, -0.25) is 4.79 Å². The summed E-state index contributed by atoms with van der Waals surface area (Å²) < 4.78 is 0. The van der Waals surface area contributed by atoms with E-state index in [4.69, 9.17) is 5.73 Å². The summed E-state index contributed by atoms with van der Waals surface area (Å²) in [5, 5.41) is 0. The van der Waals surface area contributed by atoms with Gasteiger partial charge in [0.1, 0.15) is 0 Å². The van der Waals surface area contributed by atoms with Crippen LogP contribution in [0.15, 0.2) is 24.3 Å². The fourth-order valence-corrected chi connectivity index (χ4v) is 1.88. The second-order valence-electron chi connectivity index (χ2n) is 4.93. The Hall–Kier alpha value is -1.35. The fourth-order valence-electron chi connectivity index (χ4n) is 1.88. The van der Waals surface area contributed by atoms with Crippen molar-refractivity contribution >= 4 is 5.91 Å². The van der Waals surface area contributed by atoms with E-state index in [0.29, 0.717) is 6.54 Å². The lowest BCUT2D eigenvalue weighted by Crippen LogP contribution is -2.41. The van der Waals surface area contributed by atoms with Crippen LogP contribution in [-0.2, 0) is 11.3 Å². The Balaban J connectivity index is 2.51. The maximum absolute atomic E-state index is 12.0. The minimum Gasteiger partial charge on any atom is -0.340 e. The molecule has 0 heterocycles. The quantitative estimate of drug-likeness (QED) is 0.840. The van der Waals surface area contributed by atoms with Crippen molar-refractivity contribution in [2.75, 3.05) is 7.05 Å². The zero-order chi connectivity index (χ0) is 13.5. The Kier molecular flexibility index (Phi) is 5.86. The highest BCUT2D eigenvalue weighted by Crippen LogP contribution is 2.08. The summed E-state index contributed by atoms with van der Waals surface area (Å²) in [4.78, 5) is 13.7. The monoisotopic (exact) mass is 248 g/mol. The Morgan fingerprint density at radius 2 is 1.94 bits per heavy atom. The van der Waals surface area contributed by atoms with Crippen LogP contribution in [0.2, 0.25) is 0 Å². The molecule has 2 N–H and O–H groups in total. The van der Waals surface area contributed by atoms with Gasteiger partial charge in [-0.15, -0.1) is 0 Å².